The number of nitrogens with one attached hydrogen (secondary N) is 1. The number of anilines is 1. The van der Waals surface area contributed by atoms with Crippen molar-refractivity contribution in [1.82, 2.24) is 15.0 Å². The highest BCUT2D eigenvalue weighted by Crippen LogP contribution is 2.38. The molecule has 7 nitrogen and oxygen atoms in total. The number of fused-ring (bicyclic) bond motifs is 1. The Kier molecular flexibility index (Phi) is 7.44. The second-order valence-corrected chi connectivity index (χ2v) is 9.73. The van der Waals surface area contributed by atoms with Crippen molar-refractivity contribution in [2.75, 3.05) is 12.4 Å². The summed E-state index contributed by atoms with van der Waals surface area (Å²) in [6.07, 6.45) is 5.09. The van der Waals surface area contributed by atoms with E-state index in [0.717, 1.165) is 31.4 Å². The summed E-state index contributed by atoms with van der Waals surface area (Å²) in [5.74, 6) is -0.116. The van der Waals surface area contributed by atoms with Gasteiger partial charge in [0.1, 0.15) is 5.01 Å². The van der Waals surface area contributed by atoms with Gasteiger partial charge >= 0.3 is 0 Å². The molecule has 0 fully saturated rings. The minimum atomic E-state index is -0.116. The zero-order valence-electron chi connectivity index (χ0n) is 17.4. The van der Waals surface area contributed by atoms with Gasteiger partial charge in [0.15, 0.2) is 5.13 Å². The van der Waals surface area contributed by atoms with Crippen molar-refractivity contribution in [2.24, 2.45) is 5.73 Å². The highest BCUT2D eigenvalue weighted by molar-refractivity contribution is 7.26. The van der Waals surface area contributed by atoms with Gasteiger partial charge in [-0.1, -0.05) is 35.1 Å². The molecule has 3 N–H and O–H groups in total. The van der Waals surface area contributed by atoms with Gasteiger partial charge in [-0.3, -0.25) is 9.78 Å². The SMILES string of the molecule is COCc1nc(NC(=O)CC[C@H](N)Cc2ccc(Cl)cc2)sc1-c1nc2ccncc2s1. The van der Waals surface area contributed by atoms with Crippen LogP contribution in [-0.4, -0.2) is 34.0 Å². The standard InChI is InChI=1S/C22H22ClN5O2S2/c1-30-12-17-20(21-26-16-8-9-25-11-18(16)31-21)32-22(27-17)28-19(29)7-6-15(24)10-13-2-4-14(23)5-3-13/h2-5,8-9,11,15H,6-7,10,12,24H2,1H3,(H,27,28,29)/t15-/m0/s1. The number of carbonyl (C=O) groups is 1. The summed E-state index contributed by atoms with van der Waals surface area (Å²) >= 11 is 8.85. The van der Waals surface area contributed by atoms with Gasteiger partial charge in [0.25, 0.3) is 0 Å². The maximum Gasteiger partial charge on any atom is 0.226 e. The Morgan fingerprint density at radius 1 is 1.22 bits per heavy atom. The Balaban J connectivity index is 1.39. The Hall–Kier alpha value is -2.43. The summed E-state index contributed by atoms with van der Waals surface area (Å²) < 4.78 is 6.30. The second-order valence-electron chi connectivity index (χ2n) is 7.27. The number of halogens is 1. The molecular formula is C22H22ClN5O2S2. The number of hydrogen-bond donors (Lipinski definition) is 2. The number of nitrogens with two attached hydrogens (primary N) is 1. The van der Waals surface area contributed by atoms with E-state index < -0.39 is 0 Å². The molecular weight excluding hydrogens is 466 g/mol. The van der Waals surface area contributed by atoms with Crippen LogP contribution < -0.4 is 11.1 Å². The third kappa shape index (κ3) is 5.67. The van der Waals surface area contributed by atoms with Crippen LogP contribution in [0.25, 0.3) is 20.1 Å². The number of ether oxygens (including phenoxy) is 1. The maximum absolute atomic E-state index is 12.5. The fraction of sp³-hybridized carbons (Fsp3) is 0.273. The molecule has 0 bridgehead atoms. The molecule has 0 aliphatic heterocycles. The molecule has 166 valence electrons. The summed E-state index contributed by atoms with van der Waals surface area (Å²) in [6.45, 7) is 0.335. The molecule has 3 heterocycles. The van der Waals surface area contributed by atoms with E-state index in [1.54, 1.807) is 30.8 Å². The van der Waals surface area contributed by atoms with E-state index in [4.69, 9.17) is 22.1 Å². The summed E-state index contributed by atoms with van der Waals surface area (Å²) in [5, 5.41) is 4.95. The molecule has 32 heavy (non-hydrogen) atoms. The molecule has 1 aromatic carbocycles. The normalized spacial score (nSPS) is 12.2. The molecule has 1 amide bonds. The van der Waals surface area contributed by atoms with E-state index in [0.29, 0.717) is 36.0 Å². The number of rotatable bonds is 9. The molecule has 0 saturated carbocycles. The zero-order chi connectivity index (χ0) is 22.5. The van der Waals surface area contributed by atoms with E-state index in [9.17, 15) is 4.79 Å². The van der Waals surface area contributed by atoms with Crippen LogP contribution >= 0.6 is 34.3 Å². The van der Waals surface area contributed by atoms with Gasteiger partial charge in [-0.05, 0) is 36.6 Å². The topological polar surface area (TPSA) is 103 Å². The number of methoxy groups -OCH3 is 1. The average molecular weight is 488 g/mol. The van der Waals surface area contributed by atoms with Gasteiger partial charge in [-0.25, -0.2) is 9.97 Å². The van der Waals surface area contributed by atoms with Crippen LogP contribution in [0.4, 0.5) is 5.13 Å². The molecule has 10 heteroatoms. The van der Waals surface area contributed by atoms with E-state index in [-0.39, 0.29) is 11.9 Å². The van der Waals surface area contributed by atoms with Crippen molar-refractivity contribution in [3.63, 3.8) is 0 Å². The first-order chi connectivity index (χ1) is 15.5. The van der Waals surface area contributed by atoms with Gasteiger partial charge in [0.05, 0.1) is 27.4 Å². The molecule has 0 aliphatic carbocycles. The Morgan fingerprint density at radius 3 is 2.78 bits per heavy atom. The maximum atomic E-state index is 12.5. The lowest BCUT2D eigenvalue weighted by atomic mass is 10.0. The fourth-order valence-electron chi connectivity index (χ4n) is 3.21. The van der Waals surface area contributed by atoms with Crippen LogP contribution in [0.15, 0.2) is 42.7 Å². The van der Waals surface area contributed by atoms with Crippen molar-refractivity contribution in [2.45, 2.75) is 31.9 Å². The smallest absolute Gasteiger partial charge is 0.226 e. The van der Waals surface area contributed by atoms with Crippen LogP contribution in [0, 0.1) is 0 Å². The summed E-state index contributed by atoms with van der Waals surface area (Å²) in [6, 6.07) is 9.35. The Bertz CT molecular complexity index is 1180. The van der Waals surface area contributed by atoms with Crippen molar-refractivity contribution >= 4 is 55.5 Å². The van der Waals surface area contributed by atoms with Crippen molar-refractivity contribution < 1.29 is 9.53 Å². The Morgan fingerprint density at radius 2 is 2.03 bits per heavy atom. The number of hydrogen-bond acceptors (Lipinski definition) is 8. The molecule has 0 spiro atoms. The Labute approximate surface area is 198 Å². The summed E-state index contributed by atoms with van der Waals surface area (Å²) in [5.41, 5.74) is 8.95. The van der Waals surface area contributed by atoms with E-state index in [1.807, 2.05) is 30.3 Å². The third-order valence-corrected chi connectivity index (χ3v) is 7.19. The lowest BCUT2D eigenvalue weighted by molar-refractivity contribution is -0.116. The van der Waals surface area contributed by atoms with Crippen LogP contribution in [-0.2, 0) is 22.6 Å². The van der Waals surface area contributed by atoms with Crippen LogP contribution in [0.3, 0.4) is 0 Å². The molecule has 4 aromatic rings. The molecule has 4 rings (SSSR count). The lowest BCUT2D eigenvalue weighted by Gasteiger charge is -2.11. The molecule has 0 saturated heterocycles. The quantitative estimate of drug-likeness (QED) is 0.348. The molecule has 3 aromatic heterocycles. The number of aromatic nitrogens is 3. The van der Waals surface area contributed by atoms with Crippen LogP contribution in [0.2, 0.25) is 5.02 Å². The van der Waals surface area contributed by atoms with Gasteiger partial charge in [0, 0.05) is 37.0 Å². The van der Waals surface area contributed by atoms with Crippen molar-refractivity contribution in [3.05, 3.63) is 59.0 Å². The number of amides is 1. The van der Waals surface area contributed by atoms with E-state index >= 15 is 0 Å². The van der Waals surface area contributed by atoms with Crippen molar-refractivity contribution in [3.8, 4) is 9.88 Å². The highest BCUT2D eigenvalue weighted by Gasteiger charge is 2.18. The minimum absolute atomic E-state index is 0.116. The molecule has 0 unspecified atom stereocenters. The first-order valence-electron chi connectivity index (χ1n) is 10.0. The minimum Gasteiger partial charge on any atom is -0.378 e. The third-order valence-electron chi connectivity index (χ3n) is 4.76. The average Bonchev–Trinajstić information content (AvgIpc) is 3.38. The summed E-state index contributed by atoms with van der Waals surface area (Å²) in [7, 11) is 1.62. The van der Waals surface area contributed by atoms with Gasteiger partial charge in [-0.15, -0.1) is 11.3 Å². The first kappa shape index (κ1) is 22.8. The molecule has 1 atom stereocenters. The van der Waals surface area contributed by atoms with Crippen LogP contribution in [0.1, 0.15) is 24.1 Å². The van der Waals surface area contributed by atoms with E-state index in [1.165, 1.54) is 11.3 Å². The number of carbonyl (C=O) groups excluding carboxylic acids is 1. The molecule has 0 radical (unpaired) electrons. The number of thiazole rings is 2. The van der Waals surface area contributed by atoms with Gasteiger partial charge in [0.2, 0.25) is 5.91 Å². The fourth-order valence-corrected chi connectivity index (χ4v) is 5.35. The monoisotopic (exact) mass is 487 g/mol. The van der Waals surface area contributed by atoms with E-state index in [2.05, 4.69) is 20.3 Å². The van der Waals surface area contributed by atoms with Crippen LogP contribution in [0.5, 0.6) is 0 Å². The zero-order valence-corrected chi connectivity index (χ0v) is 19.8. The summed E-state index contributed by atoms with van der Waals surface area (Å²) in [4.78, 5) is 26.8. The van der Waals surface area contributed by atoms with Gasteiger partial charge in [-0.2, -0.15) is 0 Å². The lowest BCUT2D eigenvalue weighted by Crippen LogP contribution is -2.25. The van der Waals surface area contributed by atoms with Gasteiger partial charge < -0.3 is 15.8 Å². The first-order valence-corrected chi connectivity index (χ1v) is 12.0. The number of nitrogens with zero attached hydrogens (tertiary/aromatic N) is 3. The number of benzene rings is 1. The second kappa shape index (κ2) is 10.5. The number of pyridine rings is 1. The van der Waals surface area contributed by atoms with Crippen molar-refractivity contribution in [1.29, 1.82) is 0 Å². The highest BCUT2D eigenvalue weighted by atomic mass is 35.5. The largest absolute Gasteiger partial charge is 0.378 e. The predicted octanol–water partition coefficient (Wildman–Crippen LogP) is 4.90. The molecule has 0 aliphatic rings. The predicted molar refractivity (Wildman–Crippen MR) is 130 cm³/mol.